The number of rotatable bonds is 2. The molecule has 1 atom stereocenters. The van der Waals surface area contributed by atoms with Crippen LogP contribution < -0.4 is 4.74 Å². The monoisotopic (exact) mass is 290 g/mol. The van der Waals surface area contributed by atoms with Crippen molar-refractivity contribution in [2.24, 2.45) is 0 Å². The minimum atomic E-state index is -0.577. The van der Waals surface area contributed by atoms with E-state index in [1.54, 1.807) is 0 Å². The van der Waals surface area contributed by atoms with E-state index in [-0.39, 0.29) is 22.3 Å². The normalized spacial score (nSPS) is 17.2. The molecule has 0 spiro atoms. The number of para-hydroxylation sites is 1. The fourth-order valence-corrected chi connectivity index (χ4v) is 2.65. The molecule has 0 fully saturated rings. The molecule has 2 aromatic carbocycles. The minimum Gasteiger partial charge on any atom is -0.493 e. The molecular weight excluding hydrogens is 279 g/mol. The topological polar surface area (TPSA) is 26.3 Å². The highest BCUT2D eigenvalue weighted by Gasteiger charge is 2.29. The number of hydrogen-bond donors (Lipinski definition) is 0. The Bertz CT molecular complexity index is 669. The van der Waals surface area contributed by atoms with Gasteiger partial charge in [-0.25, -0.2) is 4.39 Å². The molecule has 0 aromatic heterocycles. The molecule has 2 aromatic rings. The number of hydrogen-bond acceptors (Lipinski definition) is 2. The number of Topliss-reactive ketones (excluding diaryl/α,β-unsaturated/α-hetero) is 1. The molecule has 0 radical (unpaired) electrons. The average Bonchev–Trinajstić information content (AvgIpc) is 2.46. The average molecular weight is 291 g/mol. The smallest absolute Gasteiger partial charge is 0.173 e. The van der Waals surface area contributed by atoms with Crippen LogP contribution in [0, 0.1) is 5.82 Å². The Kier molecular flexibility index (Phi) is 3.45. The molecule has 2 nitrogen and oxygen atoms in total. The van der Waals surface area contributed by atoms with E-state index >= 15 is 0 Å². The predicted molar refractivity (Wildman–Crippen MR) is 75.0 cm³/mol. The second-order valence-electron chi connectivity index (χ2n) is 4.72. The SMILES string of the molecule is O=C(c1ccc(Cl)cc1F)C1CCOc2ccccc21. The molecule has 0 N–H and O–H groups in total. The van der Waals surface area contributed by atoms with Gasteiger partial charge in [0.2, 0.25) is 0 Å². The van der Waals surface area contributed by atoms with Crippen LogP contribution in [0.3, 0.4) is 0 Å². The molecule has 1 unspecified atom stereocenters. The maximum atomic E-state index is 13.9. The van der Waals surface area contributed by atoms with Gasteiger partial charge in [-0.15, -0.1) is 0 Å². The Hall–Kier alpha value is -1.87. The number of fused-ring (bicyclic) bond motifs is 1. The van der Waals surface area contributed by atoms with E-state index in [1.807, 2.05) is 24.3 Å². The van der Waals surface area contributed by atoms with Gasteiger partial charge in [-0.2, -0.15) is 0 Å². The highest BCUT2D eigenvalue weighted by atomic mass is 35.5. The Labute approximate surface area is 121 Å². The fraction of sp³-hybridized carbons (Fsp3) is 0.188. The van der Waals surface area contributed by atoms with Crippen molar-refractivity contribution in [3.8, 4) is 5.75 Å². The lowest BCUT2D eigenvalue weighted by Gasteiger charge is -2.25. The van der Waals surface area contributed by atoms with E-state index in [0.29, 0.717) is 18.8 Å². The lowest BCUT2D eigenvalue weighted by atomic mass is 9.86. The van der Waals surface area contributed by atoms with Gasteiger partial charge in [-0.05, 0) is 30.7 Å². The van der Waals surface area contributed by atoms with Crippen molar-refractivity contribution in [3.63, 3.8) is 0 Å². The standard InChI is InChI=1S/C16H12ClFO2/c17-10-5-6-13(14(18)9-10)16(19)12-7-8-20-15-4-2-1-3-11(12)15/h1-6,9,12H,7-8H2. The largest absolute Gasteiger partial charge is 0.493 e. The number of carbonyl (C=O) groups excluding carboxylic acids is 1. The Balaban J connectivity index is 2.00. The lowest BCUT2D eigenvalue weighted by molar-refractivity contribution is 0.0929. The zero-order valence-electron chi connectivity index (χ0n) is 10.6. The summed E-state index contributed by atoms with van der Waals surface area (Å²) >= 11 is 5.72. The maximum Gasteiger partial charge on any atom is 0.173 e. The van der Waals surface area contributed by atoms with E-state index in [4.69, 9.17) is 16.3 Å². The summed E-state index contributed by atoms with van der Waals surface area (Å²) in [6.07, 6.45) is 0.553. The summed E-state index contributed by atoms with van der Waals surface area (Å²) in [5.41, 5.74) is 0.897. The molecule has 3 rings (SSSR count). The van der Waals surface area contributed by atoms with Crippen LogP contribution in [0.25, 0.3) is 0 Å². The Morgan fingerprint density at radius 3 is 2.85 bits per heavy atom. The first-order valence-electron chi connectivity index (χ1n) is 6.38. The third kappa shape index (κ3) is 2.29. The molecule has 1 aliphatic rings. The number of ketones is 1. The van der Waals surface area contributed by atoms with Crippen molar-refractivity contribution in [2.45, 2.75) is 12.3 Å². The third-order valence-corrected chi connectivity index (χ3v) is 3.71. The molecular formula is C16H12ClFO2. The van der Waals surface area contributed by atoms with Crippen molar-refractivity contribution in [1.82, 2.24) is 0 Å². The molecule has 0 bridgehead atoms. The van der Waals surface area contributed by atoms with Crippen LogP contribution in [0.5, 0.6) is 5.75 Å². The van der Waals surface area contributed by atoms with Crippen LogP contribution in [-0.4, -0.2) is 12.4 Å². The summed E-state index contributed by atoms with van der Waals surface area (Å²) < 4.78 is 19.4. The summed E-state index contributed by atoms with van der Waals surface area (Å²) in [5, 5.41) is 0.284. The van der Waals surface area contributed by atoms with Crippen molar-refractivity contribution < 1.29 is 13.9 Å². The van der Waals surface area contributed by atoms with Gasteiger partial charge in [-0.1, -0.05) is 29.8 Å². The Morgan fingerprint density at radius 1 is 1.25 bits per heavy atom. The molecule has 0 saturated carbocycles. The van der Waals surface area contributed by atoms with E-state index in [0.717, 1.165) is 5.56 Å². The first kappa shape index (κ1) is 13.1. The number of benzene rings is 2. The first-order chi connectivity index (χ1) is 9.66. The molecule has 20 heavy (non-hydrogen) atoms. The number of carbonyl (C=O) groups is 1. The van der Waals surface area contributed by atoms with Gasteiger partial charge < -0.3 is 4.74 Å². The lowest BCUT2D eigenvalue weighted by Crippen LogP contribution is -2.22. The van der Waals surface area contributed by atoms with Gasteiger partial charge in [0, 0.05) is 10.6 Å². The van der Waals surface area contributed by atoms with E-state index in [2.05, 4.69) is 0 Å². The van der Waals surface area contributed by atoms with Crippen molar-refractivity contribution in [2.75, 3.05) is 6.61 Å². The maximum absolute atomic E-state index is 13.9. The second-order valence-corrected chi connectivity index (χ2v) is 5.15. The summed E-state index contributed by atoms with van der Waals surface area (Å²) in [7, 11) is 0. The van der Waals surface area contributed by atoms with Crippen LogP contribution >= 0.6 is 11.6 Å². The molecule has 0 saturated heterocycles. The molecule has 4 heteroatoms. The molecule has 1 heterocycles. The summed E-state index contributed by atoms with van der Waals surface area (Å²) in [6, 6.07) is 11.5. The van der Waals surface area contributed by atoms with Gasteiger partial charge in [0.25, 0.3) is 0 Å². The highest BCUT2D eigenvalue weighted by molar-refractivity contribution is 6.30. The van der Waals surface area contributed by atoms with Crippen LogP contribution in [0.15, 0.2) is 42.5 Å². The fourth-order valence-electron chi connectivity index (χ4n) is 2.49. The van der Waals surface area contributed by atoms with Crippen molar-refractivity contribution in [3.05, 3.63) is 64.4 Å². The van der Waals surface area contributed by atoms with Crippen molar-refractivity contribution in [1.29, 1.82) is 0 Å². The van der Waals surface area contributed by atoms with Gasteiger partial charge in [-0.3, -0.25) is 4.79 Å². The van der Waals surface area contributed by atoms with Crippen LogP contribution in [-0.2, 0) is 0 Å². The highest BCUT2D eigenvalue weighted by Crippen LogP contribution is 2.36. The summed E-state index contributed by atoms with van der Waals surface area (Å²) in [4.78, 5) is 12.6. The van der Waals surface area contributed by atoms with Gasteiger partial charge in [0.1, 0.15) is 11.6 Å². The zero-order chi connectivity index (χ0) is 14.1. The third-order valence-electron chi connectivity index (χ3n) is 3.47. The Morgan fingerprint density at radius 2 is 2.05 bits per heavy atom. The van der Waals surface area contributed by atoms with Gasteiger partial charge in [0.05, 0.1) is 18.1 Å². The molecule has 102 valence electrons. The van der Waals surface area contributed by atoms with E-state index < -0.39 is 5.82 Å². The molecule has 0 amide bonds. The summed E-state index contributed by atoms with van der Waals surface area (Å²) in [6.45, 7) is 0.461. The second kappa shape index (κ2) is 5.25. The number of halogens is 2. The van der Waals surface area contributed by atoms with Crippen LogP contribution in [0.4, 0.5) is 4.39 Å². The quantitative estimate of drug-likeness (QED) is 0.774. The van der Waals surface area contributed by atoms with Gasteiger partial charge in [0.15, 0.2) is 5.78 Å². The molecule has 1 aliphatic heterocycles. The molecule has 0 aliphatic carbocycles. The zero-order valence-corrected chi connectivity index (χ0v) is 11.4. The van der Waals surface area contributed by atoms with Gasteiger partial charge >= 0.3 is 0 Å². The number of ether oxygens (including phenoxy) is 1. The van der Waals surface area contributed by atoms with E-state index in [9.17, 15) is 9.18 Å². The minimum absolute atomic E-state index is 0.0797. The van der Waals surface area contributed by atoms with Crippen LogP contribution in [0.1, 0.15) is 28.3 Å². The summed E-state index contributed by atoms with van der Waals surface area (Å²) in [5.74, 6) is -0.469. The predicted octanol–water partition coefficient (Wildman–Crippen LogP) is 4.23. The van der Waals surface area contributed by atoms with Crippen LogP contribution in [0.2, 0.25) is 5.02 Å². The van der Waals surface area contributed by atoms with E-state index in [1.165, 1.54) is 18.2 Å². The first-order valence-corrected chi connectivity index (χ1v) is 6.75. The van der Waals surface area contributed by atoms with Crippen molar-refractivity contribution >= 4 is 17.4 Å².